The number of halogens is 1. The first-order valence-corrected chi connectivity index (χ1v) is 7.84. The lowest BCUT2D eigenvalue weighted by Crippen LogP contribution is -2.04. The van der Waals surface area contributed by atoms with Gasteiger partial charge in [0.2, 0.25) is 0 Å². The van der Waals surface area contributed by atoms with Crippen molar-refractivity contribution in [2.24, 2.45) is 0 Å². The Morgan fingerprint density at radius 1 is 1.08 bits per heavy atom. The summed E-state index contributed by atoms with van der Waals surface area (Å²) in [6, 6.07) is 13.1. The molecule has 2 rings (SSSR count). The molecule has 4 heteroatoms. The topological polar surface area (TPSA) is 56.8 Å². The standard InChI is InChI=1S/C20H17ClN2O/c1-13-8-14(2)20(12-24-18-6-4-17(21)5-7-18)15(3)19(13)9-16(10-22)11-23/h4-9H,12H2,1-3H3. The van der Waals surface area contributed by atoms with E-state index in [1.165, 1.54) is 0 Å². The summed E-state index contributed by atoms with van der Waals surface area (Å²) in [5, 5.41) is 18.6. The van der Waals surface area contributed by atoms with E-state index in [0.717, 1.165) is 33.6 Å². The minimum atomic E-state index is 0.0922. The number of benzene rings is 2. The molecular weight excluding hydrogens is 320 g/mol. The molecule has 0 saturated heterocycles. The maximum Gasteiger partial charge on any atom is 0.130 e. The Bertz CT molecular complexity index is 852. The molecule has 0 aliphatic carbocycles. The van der Waals surface area contributed by atoms with Crippen molar-refractivity contribution in [1.29, 1.82) is 10.5 Å². The number of aryl methyl sites for hydroxylation is 2. The van der Waals surface area contributed by atoms with E-state index in [1.807, 2.05) is 51.1 Å². The molecule has 0 saturated carbocycles. The first kappa shape index (κ1) is 17.6. The smallest absolute Gasteiger partial charge is 0.130 e. The third-order valence-corrected chi connectivity index (χ3v) is 4.17. The van der Waals surface area contributed by atoms with E-state index in [1.54, 1.807) is 18.2 Å². The first-order valence-electron chi connectivity index (χ1n) is 7.46. The predicted octanol–water partition coefficient (Wildman–Crippen LogP) is 5.27. The molecule has 0 aromatic heterocycles. The van der Waals surface area contributed by atoms with E-state index in [0.29, 0.717) is 11.6 Å². The van der Waals surface area contributed by atoms with Crippen LogP contribution in [0.25, 0.3) is 6.08 Å². The summed E-state index contributed by atoms with van der Waals surface area (Å²) in [6.45, 7) is 6.40. The molecule has 3 nitrogen and oxygen atoms in total. The van der Waals surface area contributed by atoms with Gasteiger partial charge in [0.05, 0.1) is 0 Å². The SMILES string of the molecule is Cc1cc(C)c(COc2ccc(Cl)cc2)c(C)c1C=C(C#N)C#N. The number of hydrogen-bond acceptors (Lipinski definition) is 3. The Kier molecular flexibility index (Phi) is 5.64. The van der Waals surface area contributed by atoms with Gasteiger partial charge in [-0.2, -0.15) is 10.5 Å². The molecule has 0 atom stereocenters. The largest absolute Gasteiger partial charge is 0.489 e. The van der Waals surface area contributed by atoms with E-state index >= 15 is 0 Å². The molecule has 0 radical (unpaired) electrons. The summed E-state index contributed by atoms with van der Waals surface area (Å²) in [5.41, 5.74) is 5.21. The number of rotatable bonds is 4. The van der Waals surface area contributed by atoms with Gasteiger partial charge in [0, 0.05) is 5.02 Å². The molecule has 120 valence electrons. The van der Waals surface area contributed by atoms with Crippen LogP contribution in [0.5, 0.6) is 5.75 Å². The highest BCUT2D eigenvalue weighted by Gasteiger charge is 2.11. The van der Waals surface area contributed by atoms with Crippen LogP contribution in [0.3, 0.4) is 0 Å². The van der Waals surface area contributed by atoms with Crippen LogP contribution in [0.2, 0.25) is 5.02 Å². The first-order chi connectivity index (χ1) is 11.5. The zero-order valence-electron chi connectivity index (χ0n) is 13.9. The van der Waals surface area contributed by atoms with Gasteiger partial charge in [0.25, 0.3) is 0 Å². The highest BCUT2D eigenvalue weighted by atomic mass is 35.5. The molecule has 0 heterocycles. The fourth-order valence-electron chi connectivity index (χ4n) is 2.61. The van der Waals surface area contributed by atoms with Crippen molar-refractivity contribution in [2.75, 3.05) is 0 Å². The van der Waals surface area contributed by atoms with Crippen molar-refractivity contribution < 1.29 is 4.74 Å². The van der Waals surface area contributed by atoms with Gasteiger partial charge in [-0.1, -0.05) is 17.7 Å². The van der Waals surface area contributed by atoms with Crippen LogP contribution < -0.4 is 4.74 Å². The van der Waals surface area contributed by atoms with Crippen LogP contribution in [0.1, 0.15) is 27.8 Å². The quantitative estimate of drug-likeness (QED) is 0.714. The molecular formula is C20H17ClN2O. The van der Waals surface area contributed by atoms with Crippen LogP contribution in [0.15, 0.2) is 35.9 Å². The highest BCUT2D eigenvalue weighted by Crippen LogP contribution is 2.26. The Balaban J connectivity index is 2.37. The number of hydrogen-bond donors (Lipinski definition) is 0. The molecule has 0 fully saturated rings. The predicted molar refractivity (Wildman–Crippen MR) is 95.6 cm³/mol. The average molecular weight is 337 g/mol. The summed E-state index contributed by atoms with van der Waals surface area (Å²) in [5.74, 6) is 0.741. The van der Waals surface area contributed by atoms with E-state index in [9.17, 15) is 0 Å². The lowest BCUT2D eigenvalue weighted by Gasteiger charge is -2.16. The van der Waals surface area contributed by atoms with E-state index < -0.39 is 0 Å². The van der Waals surface area contributed by atoms with Crippen molar-refractivity contribution in [1.82, 2.24) is 0 Å². The molecule has 0 amide bonds. The molecule has 24 heavy (non-hydrogen) atoms. The summed E-state index contributed by atoms with van der Waals surface area (Å²) in [4.78, 5) is 0. The maximum absolute atomic E-state index is 8.99. The lowest BCUT2D eigenvalue weighted by molar-refractivity contribution is 0.304. The van der Waals surface area contributed by atoms with Crippen LogP contribution in [0.4, 0.5) is 0 Å². The van der Waals surface area contributed by atoms with Gasteiger partial charge >= 0.3 is 0 Å². The third kappa shape index (κ3) is 3.96. The van der Waals surface area contributed by atoms with E-state index in [-0.39, 0.29) is 5.57 Å². The van der Waals surface area contributed by atoms with E-state index in [2.05, 4.69) is 0 Å². The molecule has 2 aromatic carbocycles. The minimum Gasteiger partial charge on any atom is -0.489 e. The molecule has 0 spiro atoms. The fourth-order valence-corrected chi connectivity index (χ4v) is 2.73. The average Bonchev–Trinajstić information content (AvgIpc) is 2.56. The Morgan fingerprint density at radius 3 is 2.29 bits per heavy atom. The summed E-state index contributed by atoms with van der Waals surface area (Å²) < 4.78 is 5.85. The van der Waals surface area contributed by atoms with Gasteiger partial charge in [0.1, 0.15) is 30.1 Å². The third-order valence-electron chi connectivity index (χ3n) is 3.92. The Labute approximate surface area is 147 Å². The molecule has 0 unspecified atom stereocenters. The second-order valence-electron chi connectivity index (χ2n) is 5.55. The summed E-state index contributed by atoms with van der Waals surface area (Å²) >= 11 is 5.88. The zero-order valence-corrected chi connectivity index (χ0v) is 14.6. The number of allylic oxidation sites excluding steroid dienone is 1. The Morgan fingerprint density at radius 2 is 1.71 bits per heavy atom. The number of nitrogens with zero attached hydrogens (tertiary/aromatic N) is 2. The second-order valence-corrected chi connectivity index (χ2v) is 5.99. The molecule has 0 bridgehead atoms. The molecule has 2 aromatic rings. The molecule has 0 aliphatic heterocycles. The van der Waals surface area contributed by atoms with Crippen LogP contribution >= 0.6 is 11.6 Å². The van der Waals surface area contributed by atoms with Gasteiger partial charge in [-0.15, -0.1) is 0 Å². The van der Waals surface area contributed by atoms with E-state index in [4.69, 9.17) is 26.9 Å². The maximum atomic E-state index is 8.99. The summed E-state index contributed by atoms with van der Waals surface area (Å²) in [6.07, 6.45) is 1.63. The van der Waals surface area contributed by atoms with Crippen molar-refractivity contribution in [3.05, 3.63) is 68.7 Å². The number of nitriles is 2. The fraction of sp³-hybridized carbons (Fsp3) is 0.200. The van der Waals surface area contributed by atoms with Crippen molar-refractivity contribution in [3.8, 4) is 17.9 Å². The molecule has 0 aliphatic rings. The normalized spacial score (nSPS) is 9.75. The highest BCUT2D eigenvalue weighted by molar-refractivity contribution is 6.30. The zero-order chi connectivity index (χ0) is 17.7. The minimum absolute atomic E-state index is 0.0922. The van der Waals surface area contributed by atoms with Gasteiger partial charge in [-0.25, -0.2) is 0 Å². The van der Waals surface area contributed by atoms with Crippen molar-refractivity contribution in [2.45, 2.75) is 27.4 Å². The van der Waals surface area contributed by atoms with Gasteiger partial charge in [0.15, 0.2) is 0 Å². The van der Waals surface area contributed by atoms with Crippen LogP contribution in [-0.2, 0) is 6.61 Å². The van der Waals surface area contributed by atoms with Crippen LogP contribution in [-0.4, -0.2) is 0 Å². The van der Waals surface area contributed by atoms with Crippen LogP contribution in [0, 0.1) is 43.4 Å². The molecule has 0 N–H and O–H groups in total. The summed E-state index contributed by atoms with van der Waals surface area (Å²) in [7, 11) is 0. The number of ether oxygens (including phenoxy) is 1. The van der Waals surface area contributed by atoms with Crippen molar-refractivity contribution >= 4 is 17.7 Å². The lowest BCUT2D eigenvalue weighted by atomic mass is 9.92. The monoisotopic (exact) mass is 336 g/mol. The second kappa shape index (κ2) is 7.68. The Hall–Kier alpha value is -2.75. The van der Waals surface area contributed by atoms with Gasteiger partial charge in [-0.3, -0.25) is 0 Å². The van der Waals surface area contributed by atoms with Crippen molar-refractivity contribution in [3.63, 3.8) is 0 Å². The van der Waals surface area contributed by atoms with Gasteiger partial charge in [-0.05, 0) is 78.9 Å². The van der Waals surface area contributed by atoms with Gasteiger partial charge < -0.3 is 4.74 Å².